The summed E-state index contributed by atoms with van der Waals surface area (Å²) in [6, 6.07) is -0.731. The first-order chi connectivity index (χ1) is 9.65. The van der Waals surface area contributed by atoms with E-state index in [-0.39, 0.29) is 30.9 Å². The molecule has 0 aromatic rings. The quantitative estimate of drug-likeness (QED) is 0.758. The summed E-state index contributed by atoms with van der Waals surface area (Å²) in [6.45, 7) is 7.45. The first-order valence-electron chi connectivity index (χ1n) is 7.06. The van der Waals surface area contributed by atoms with Crippen LogP contribution in [-0.2, 0) is 19.1 Å². The Bertz CT molecular complexity index is 420. The van der Waals surface area contributed by atoms with Gasteiger partial charge in [-0.15, -0.1) is 0 Å². The molecule has 0 spiro atoms. The van der Waals surface area contributed by atoms with E-state index in [1.165, 1.54) is 18.7 Å². The number of carbonyl (C=O) groups excluding carboxylic acids is 2. The van der Waals surface area contributed by atoms with Crippen LogP contribution in [0.5, 0.6) is 0 Å². The minimum absolute atomic E-state index is 0.0353. The van der Waals surface area contributed by atoms with Crippen molar-refractivity contribution >= 4 is 17.8 Å². The van der Waals surface area contributed by atoms with Crippen molar-refractivity contribution in [1.29, 1.82) is 0 Å². The number of aliphatic carboxylic acids is 1. The van der Waals surface area contributed by atoms with Crippen LogP contribution in [0.3, 0.4) is 0 Å². The van der Waals surface area contributed by atoms with Gasteiger partial charge in [0.05, 0.1) is 18.6 Å². The van der Waals surface area contributed by atoms with Crippen molar-refractivity contribution < 1.29 is 24.2 Å². The van der Waals surface area contributed by atoms with Crippen molar-refractivity contribution in [3.05, 3.63) is 0 Å². The molecule has 0 aliphatic carbocycles. The smallest absolute Gasteiger partial charge is 0.309 e. The molecule has 1 rings (SSSR count). The lowest BCUT2D eigenvalue weighted by atomic mass is 9.88. The van der Waals surface area contributed by atoms with E-state index >= 15 is 0 Å². The summed E-state index contributed by atoms with van der Waals surface area (Å²) in [5.41, 5.74) is -1.16. The van der Waals surface area contributed by atoms with Crippen LogP contribution in [0.4, 0.5) is 0 Å². The van der Waals surface area contributed by atoms with Crippen molar-refractivity contribution in [2.45, 2.75) is 46.2 Å². The van der Waals surface area contributed by atoms with Crippen molar-refractivity contribution in [1.82, 2.24) is 10.2 Å². The number of carboxylic acid groups (broad SMARTS) is 1. The van der Waals surface area contributed by atoms with Crippen LogP contribution < -0.4 is 5.32 Å². The summed E-state index contributed by atoms with van der Waals surface area (Å²) < 4.78 is 5.27. The molecule has 0 saturated carbocycles. The van der Waals surface area contributed by atoms with E-state index in [2.05, 4.69) is 5.32 Å². The third-order valence-corrected chi connectivity index (χ3v) is 3.35. The van der Waals surface area contributed by atoms with Crippen molar-refractivity contribution in [3.8, 4) is 0 Å². The Morgan fingerprint density at radius 3 is 2.52 bits per heavy atom. The van der Waals surface area contributed by atoms with Gasteiger partial charge in [-0.2, -0.15) is 0 Å². The third-order valence-electron chi connectivity index (χ3n) is 3.35. The highest BCUT2D eigenvalue weighted by molar-refractivity contribution is 5.90. The van der Waals surface area contributed by atoms with Gasteiger partial charge in [0.15, 0.2) is 0 Å². The number of carbonyl (C=O) groups is 3. The van der Waals surface area contributed by atoms with Gasteiger partial charge in [-0.1, -0.05) is 0 Å². The van der Waals surface area contributed by atoms with E-state index in [1.54, 1.807) is 0 Å². The van der Waals surface area contributed by atoms with Crippen molar-refractivity contribution in [3.63, 3.8) is 0 Å². The lowest BCUT2D eigenvalue weighted by Gasteiger charge is -2.36. The largest absolute Gasteiger partial charge is 0.481 e. The summed E-state index contributed by atoms with van der Waals surface area (Å²) in [5.74, 6) is -1.65. The van der Waals surface area contributed by atoms with Crippen LogP contribution in [0.1, 0.15) is 34.1 Å². The third kappa shape index (κ3) is 4.70. The molecule has 2 amide bonds. The molecule has 1 unspecified atom stereocenters. The van der Waals surface area contributed by atoms with E-state index in [1.807, 2.05) is 13.8 Å². The van der Waals surface area contributed by atoms with Crippen LogP contribution in [0.25, 0.3) is 0 Å². The number of nitrogens with zero attached hydrogens (tertiary/aromatic N) is 1. The molecular weight excluding hydrogens is 276 g/mol. The van der Waals surface area contributed by atoms with Gasteiger partial charge in [0.1, 0.15) is 6.04 Å². The fourth-order valence-corrected chi connectivity index (χ4v) is 2.06. The fraction of sp³-hybridized carbons (Fsp3) is 0.786. The predicted octanol–water partition coefficient (Wildman–Crippen LogP) is 0.239. The second-order valence-corrected chi connectivity index (χ2v) is 6.21. The number of ether oxygens (including phenoxy) is 1. The summed E-state index contributed by atoms with van der Waals surface area (Å²) in [6.07, 6.45) is -0.145. The molecule has 21 heavy (non-hydrogen) atoms. The van der Waals surface area contributed by atoms with Gasteiger partial charge >= 0.3 is 5.97 Å². The summed E-state index contributed by atoms with van der Waals surface area (Å²) in [5, 5.41) is 11.9. The number of carboxylic acids is 1. The second kappa shape index (κ2) is 6.89. The molecule has 0 aromatic heterocycles. The van der Waals surface area contributed by atoms with Crippen LogP contribution in [0, 0.1) is 5.41 Å². The Labute approximate surface area is 124 Å². The monoisotopic (exact) mass is 300 g/mol. The maximum absolute atomic E-state index is 12.3. The van der Waals surface area contributed by atoms with E-state index in [0.29, 0.717) is 13.2 Å². The van der Waals surface area contributed by atoms with E-state index in [0.717, 1.165) is 0 Å². The van der Waals surface area contributed by atoms with Crippen LogP contribution in [-0.4, -0.2) is 59.6 Å². The Kier molecular flexibility index (Phi) is 5.71. The van der Waals surface area contributed by atoms with Gasteiger partial charge in [0, 0.05) is 19.0 Å². The first kappa shape index (κ1) is 17.4. The molecule has 120 valence electrons. The lowest BCUT2D eigenvalue weighted by Crippen LogP contribution is -2.57. The Balaban J connectivity index is 2.79. The molecule has 2 N–H and O–H groups in total. The zero-order chi connectivity index (χ0) is 16.2. The number of hydrogen-bond acceptors (Lipinski definition) is 4. The molecule has 7 nitrogen and oxygen atoms in total. The molecule has 1 saturated heterocycles. The van der Waals surface area contributed by atoms with Gasteiger partial charge in [0.25, 0.3) is 0 Å². The summed E-state index contributed by atoms with van der Waals surface area (Å²) in [4.78, 5) is 37.0. The normalized spacial score (nSPS) is 19.5. The molecule has 0 radical (unpaired) electrons. The minimum Gasteiger partial charge on any atom is -0.481 e. The first-order valence-corrected chi connectivity index (χ1v) is 7.06. The molecule has 1 heterocycles. The minimum atomic E-state index is -1.16. The van der Waals surface area contributed by atoms with E-state index in [4.69, 9.17) is 9.84 Å². The molecular formula is C14H24N2O5. The predicted molar refractivity (Wildman–Crippen MR) is 75.6 cm³/mol. The highest BCUT2D eigenvalue weighted by Gasteiger charge is 2.37. The highest BCUT2D eigenvalue weighted by Crippen LogP contribution is 2.23. The Hall–Kier alpha value is -1.63. The Morgan fingerprint density at radius 1 is 1.38 bits per heavy atom. The Morgan fingerprint density at radius 2 is 2.00 bits per heavy atom. The molecule has 1 aliphatic heterocycles. The number of nitrogens with one attached hydrogen (secondary N) is 1. The van der Waals surface area contributed by atoms with Crippen LogP contribution in [0.2, 0.25) is 0 Å². The summed E-state index contributed by atoms with van der Waals surface area (Å²) in [7, 11) is 0. The van der Waals surface area contributed by atoms with Gasteiger partial charge in [0.2, 0.25) is 11.8 Å². The van der Waals surface area contributed by atoms with Gasteiger partial charge in [-0.25, -0.2) is 0 Å². The molecule has 1 aliphatic rings. The van der Waals surface area contributed by atoms with Gasteiger partial charge < -0.3 is 20.1 Å². The highest BCUT2D eigenvalue weighted by atomic mass is 16.5. The fourth-order valence-electron chi connectivity index (χ4n) is 2.06. The van der Waals surface area contributed by atoms with Gasteiger partial charge in [-0.3, -0.25) is 14.4 Å². The van der Waals surface area contributed by atoms with Crippen LogP contribution in [0.15, 0.2) is 0 Å². The van der Waals surface area contributed by atoms with Crippen LogP contribution >= 0.6 is 0 Å². The second-order valence-electron chi connectivity index (χ2n) is 6.21. The van der Waals surface area contributed by atoms with E-state index < -0.39 is 17.4 Å². The topological polar surface area (TPSA) is 95.9 Å². The summed E-state index contributed by atoms with van der Waals surface area (Å²) >= 11 is 0. The number of rotatable bonds is 5. The van der Waals surface area contributed by atoms with E-state index in [9.17, 15) is 14.4 Å². The maximum atomic E-state index is 12.3. The van der Waals surface area contributed by atoms with Crippen molar-refractivity contribution in [2.75, 3.05) is 19.8 Å². The van der Waals surface area contributed by atoms with Gasteiger partial charge in [-0.05, 0) is 27.7 Å². The molecule has 0 bridgehead atoms. The molecule has 1 fully saturated rings. The average Bonchev–Trinajstić information content (AvgIpc) is 2.37. The zero-order valence-corrected chi connectivity index (χ0v) is 13.0. The number of hydrogen-bond donors (Lipinski definition) is 2. The maximum Gasteiger partial charge on any atom is 0.309 e. The van der Waals surface area contributed by atoms with Crippen molar-refractivity contribution in [2.24, 2.45) is 5.41 Å². The number of morpholine rings is 1. The SMILES string of the molecule is CC(C)NC(=O)C1COCCN1C(=O)CC(C)(C)C(=O)O. The molecule has 0 aromatic carbocycles. The number of amides is 2. The molecule has 7 heteroatoms. The molecule has 1 atom stereocenters. The standard InChI is InChI=1S/C14H24N2O5/c1-9(2)15-12(18)10-8-21-6-5-16(10)11(17)7-14(3,4)13(19)20/h9-10H,5-8H2,1-4H3,(H,15,18)(H,19,20). The lowest BCUT2D eigenvalue weighted by molar-refractivity contribution is -0.156. The zero-order valence-electron chi connectivity index (χ0n) is 13.0. The average molecular weight is 300 g/mol.